The molecule has 1 aromatic carbocycles. The third-order valence-electron chi connectivity index (χ3n) is 3.23. The second-order valence-corrected chi connectivity index (χ2v) is 4.73. The van der Waals surface area contributed by atoms with Crippen molar-refractivity contribution in [2.24, 2.45) is 0 Å². The van der Waals surface area contributed by atoms with E-state index in [9.17, 15) is 5.11 Å². The molecule has 1 heterocycles. The number of aliphatic hydroxyl groups is 1. The fraction of sp³-hybridized carbons (Fsp3) is 0.267. The Morgan fingerprint density at radius 1 is 1.11 bits per heavy atom. The molecule has 1 unspecified atom stereocenters. The summed E-state index contributed by atoms with van der Waals surface area (Å²) in [7, 11) is 0. The van der Waals surface area contributed by atoms with E-state index in [1.54, 1.807) is 6.20 Å². The first-order valence-electron chi connectivity index (χ1n) is 5.96. The van der Waals surface area contributed by atoms with Gasteiger partial charge >= 0.3 is 0 Å². The first kappa shape index (κ1) is 12.6. The van der Waals surface area contributed by atoms with E-state index in [-0.39, 0.29) is 0 Å². The van der Waals surface area contributed by atoms with Crippen molar-refractivity contribution in [3.63, 3.8) is 0 Å². The number of aromatic nitrogens is 1. The summed E-state index contributed by atoms with van der Waals surface area (Å²) in [5, 5.41) is 10.4. The first-order chi connectivity index (χ1) is 8.49. The summed E-state index contributed by atoms with van der Waals surface area (Å²) >= 11 is 0. The van der Waals surface area contributed by atoms with Gasteiger partial charge in [0.05, 0.1) is 0 Å². The van der Waals surface area contributed by atoms with Gasteiger partial charge in [0.15, 0.2) is 0 Å². The van der Waals surface area contributed by atoms with Crippen LogP contribution in [0.3, 0.4) is 0 Å². The highest BCUT2D eigenvalue weighted by Crippen LogP contribution is 2.27. The van der Waals surface area contributed by atoms with Gasteiger partial charge in [-0.25, -0.2) is 4.98 Å². The molecule has 0 aliphatic carbocycles. The molecular weight excluding hydrogens is 224 g/mol. The van der Waals surface area contributed by atoms with E-state index in [0.717, 1.165) is 16.7 Å². The maximum Gasteiger partial charge on any atom is 0.129 e. The smallest absolute Gasteiger partial charge is 0.129 e. The van der Waals surface area contributed by atoms with Crippen molar-refractivity contribution < 1.29 is 5.11 Å². The van der Waals surface area contributed by atoms with E-state index in [4.69, 9.17) is 5.73 Å². The summed E-state index contributed by atoms with van der Waals surface area (Å²) in [6, 6.07) is 7.80. The minimum absolute atomic E-state index is 0.381. The van der Waals surface area contributed by atoms with Crippen LogP contribution in [0, 0.1) is 20.8 Å². The molecule has 2 aromatic rings. The SMILES string of the molecule is Cc1cnc(N)c(C(O)c2ccc(C)c(C)c2)c1. The number of aliphatic hydroxyl groups excluding tert-OH is 1. The summed E-state index contributed by atoms with van der Waals surface area (Å²) < 4.78 is 0. The minimum atomic E-state index is -0.725. The van der Waals surface area contributed by atoms with Gasteiger partial charge in [-0.2, -0.15) is 0 Å². The average Bonchev–Trinajstić information content (AvgIpc) is 2.35. The molecule has 0 spiro atoms. The van der Waals surface area contributed by atoms with E-state index in [1.807, 2.05) is 45.0 Å². The maximum atomic E-state index is 10.4. The van der Waals surface area contributed by atoms with Crippen LogP contribution in [0.1, 0.15) is 33.9 Å². The second-order valence-electron chi connectivity index (χ2n) is 4.73. The number of nitrogens with two attached hydrogens (primary N) is 1. The molecule has 18 heavy (non-hydrogen) atoms. The molecule has 0 fully saturated rings. The van der Waals surface area contributed by atoms with E-state index in [2.05, 4.69) is 4.98 Å². The number of anilines is 1. The van der Waals surface area contributed by atoms with Gasteiger partial charge in [0.25, 0.3) is 0 Å². The highest BCUT2D eigenvalue weighted by atomic mass is 16.3. The van der Waals surface area contributed by atoms with Gasteiger partial charge < -0.3 is 10.8 Å². The van der Waals surface area contributed by atoms with Gasteiger partial charge in [-0.1, -0.05) is 18.2 Å². The van der Waals surface area contributed by atoms with Crippen molar-refractivity contribution in [1.82, 2.24) is 4.98 Å². The van der Waals surface area contributed by atoms with Crippen molar-refractivity contribution >= 4 is 5.82 Å². The fourth-order valence-electron chi connectivity index (χ4n) is 1.94. The molecule has 0 aliphatic heterocycles. The number of nitrogens with zero attached hydrogens (tertiary/aromatic N) is 1. The lowest BCUT2D eigenvalue weighted by molar-refractivity contribution is 0.220. The molecule has 1 aromatic heterocycles. The zero-order valence-corrected chi connectivity index (χ0v) is 10.9. The van der Waals surface area contributed by atoms with Crippen LogP contribution in [0.5, 0.6) is 0 Å². The predicted molar refractivity (Wildman–Crippen MR) is 73.4 cm³/mol. The van der Waals surface area contributed by atoms with Gasteiger partial charge in [-0.15, -0.1) is 0 Å². The molecule has 3 N–H and O–H groups in total. The summed E-state index contributed by atoms with van der Waals surface area (Å²) in [6.07, 6.45) is 0.975. The monoisotopic (exact) mass is 242 g/mol. The zero-order valence-electron chi connectivity index (χ0n) is 10.9. The molecule has 0 amide bonds. The number of pyridine rings is 1. The van der Waals surface area contributed by atoms with Gasteiger partial charge in [0.2, 0.25) is 0 Å². The van der Waals surface area contributed by atoms with E-state index >= 15 is 0 Å². The molecule has 2 rings (SSSR count). The van der Waals surface area contributed by atoms with Crippen molar-refractivity contribution in [3.8, 4) is 0 Å². The van der Waals surface area contributed by atoms with Crippen LogP contribution in [-0.4, -0.2) is 10.1 Å². The largest absolute Gasteiger partial charge is 0.384 e. The highest BCUT2D eigenvalue weighted by Gasteiger charge is 2.15. The average molecular weight is 242 g/mol. The molecule has 0 saturated carbocycles. The molecule has 3 heteroatoms. The van der Waals surface area contributed by atoms with Crippen LogP contribution < -0.4 is 5.73 Å². The quantitative estimate of drug-likeness (QED) is 0.851. The predicted octanol–water partition coefficient (Wildman–Crippen LogP) is 2.67. The van der Waals surface area contributed by atoms with Gasteiger partial charge in [0, 0.05) is 11.8 Å². The topological polar surface area (TPSA) is 59.1 Å². The van der Waals surface area contributed by atoms with Crippen molar-refractivity contribution in [2.75, 3.05) is 5.73 Å². The molecule has 0 saturated heterocycles. The molecule has 94 valence electrons. The Bertz CT molecular complexity index is 579. The van der Waals surface area contributed by atoms with Crippen molar-refractivity contribution in [1.29, 1.82) is 0 Å². The van der Waals surface area contributed by atoms with Gasteiger partial charge in [-0.3, -0.25) is 0 Å². The number of rotatable bonds is 2. The van der Waals surface area contributed by atoms with Crippen LogP contribution in [0.15, 0.2) is 30.5 Å². The standard InChI is InChI=1S/C15H18N2O/c1-9-6-13(15(16)17-8-9)14(18)12-5-4-10(2)11(3)7-12/h4-8,14,18H,1-3H3,(H2,16,17). The van der Waals surface area contributed by atoms with Crippen LogP contribution in [-0.2, 0) is 0 Å². The Hall–Kier alpha value is -1.87. The number of nitrogen functional groups attached to an aromatic ring is 1. The molecule has 1 atom stereocenters. The zero-order chi connectivity index (χ0) is 13.3. The fourth-order valence-corrected chi connectivity index (χ4v) is 1.94. The lowest BCUT2D eigenvalue weighted by Crippen LogP contribution is -2.06. The Balaban J connectivity index is 2.44. The van der Waals surface area contributed by atoms with Gasteiger partial charge in [0.1, 0.15) is 11.9 Å². The van der Waals surface area contributed by atoms with Gasteiger partial charge in [-0.05, 0) is 49.1 Å². The molecular formula is C15H18N2O. The Morgan fingerprint density at radius 2 is 1.83 bits per heavy atom. The molecule has 0 radical (unpaired) electrons. The molecule has 0 aliphatic rings. The second kappa shape index (κ2) is 4.78. The van der Waals surface area contributed by atoms with Crippen LogP contribution in [0.2, 0.25) is 0 Å². The summed E-state index contributed by atoms with van der Waals surface area (Å²) in [5.74, 6) is 0.381. The lowest BCUT2D eigenvalue weighted by atomic mass is 9.97. The molecule has 3 nitrogen and oxygen atoms in total. The maximum absolute atomic E-state index is 10.4. The lowest BCUT2D eigenvalue weighted by Gasteiger charge is -2.15. The summed E-state index contributed by atoms with van der Waals surface area (Å²) in [4.78, 5) is 4.08. The molecule has 0 bridgehead atoms. The summed E-state index contributed by atoms with van der Waals surface area (Å²) in [5.41, 5.74) is 10.7. The number of hydrogen-bond donors (Lipinski definition) is 2. The van der Waals surface area contributed by atoms with E-state index in [0.29, 0.717) is 11.4 Å². The third kappa shape index (κ3) is 2.36. The van der Waals surface area contributed by atoms with E-state index < -0.39 is 6.10 Å². The number of benzene rings is 1. The number of hydrogen-bond acceptors (Lipinski definition) is 3. The normalized spacial score (nSPS) is 12.4. The van der Waals surface area contributed by atoms with Crippen molar-refractivity contribution in [3.05, 3.63) is 58.3 Å². The van der Waals surface area contributed by atoms with Crippen LogP contribution in [0.25, 0.3) is 0 Å². The third-order valence-corrected chi connectivity index (χ3v) is 3.23. The van der Waals surface area contributed by atoms with Crippen LogP contribution >= 0.6 is 0 Å². The minimum Gasteiger partial charge on any atom is -0.384 e. The number of aryl methyl sites for hydroxylation is 3. The first-order valence-corrected chi connectivity index (χ1v) is 5.96. The Labute approximate surface area is 107 Å². The highest BCUT2D eigenvalue weighted by molar-refractivity contribution is 5.46. The Kier molecular flexibility index (Phi) is 3.34. The van der Waals surface area contributed by atoms with E-state index in [1.165, 1.54) is 5.56 Å². The van der Waals surface area contributed by atoms with Crippen LogP contribution in [0.4, 0.5) is 5.82 Å². The summed E-state index contributed by atoms with van der Waals surface area (Å²) in [6.45, 7) is 6.01. The Morgan fingerprint density at radius 3 is 2.50 bits per heavy atom. The van der Waals surface area contributed by atoms with Crippen molar-refractivity contribution in [2.45, 2.75) is 26.9 Å².